The van der Waals surface area contributed by atoms with Gasteiger partial charge in [0, 0.05) is 13.0 Å². The summed E-state index contributed by atoms with van der Waals surface area (Å²) in [5.74, 6) is -0.957. The van der Waals surface area contributed by atoms with Gasteiger partial charge in [-0.05, 0) is 24.1 Å². The van der Waals surface area contributed by atoms with E-state index in [1.807, 2.05) is 0 Å². The smallest absolute Gasteiger partial charge is 0.305 e. The van der Waals surface area contributed by atoms with Gasteiger partial charge in [0.15, 0.2) is 0 Å². The average molecular weight is 289 g/mol. The van der Waals surface area contributed by atoms with Crippen LogP contribution in [0.1, 0.15) is 18.4 Å². The highest BCUT2D eigenvalue weighted by Crippen LogP contribution is 2.03. The van der Waals surface area contributed by atoms with Crippen molar-refractivity contribution in [3.63, 3.8) is 0 Å². The van der Waals surface area contributed by atoms with E-state index in [4.69, 9.17) is 0 Å². The van der Waals surface area contributed by atoms with Crippen LogP contribution in [0.5, 0.6) is 0 Å². The monoisotopic (exact) mass is 289 g/mol. The first-order valence-corrected chi connectivity index (χ1v) is 7.37. The Labute approximate surface area is 111 Å². The molecule has 0 spiro atoms. The Morgan fingerprint density at radius 1 is 1.32 bits per heavy atom. The number of esters is 1. The number of rotatable bonds is 7. The molecule has 1 N–H and O–H groups in total. The Kier molecular flexibility index (Phi) is 5.91. The largest absolute Gasteiger partial charge is 0.469 e. The molecular weight excluding hydrogens is 273 g/mol. The van der Waals surface area contributed by atoms with Crippen LogP contribution in [-0.4, -0.2) is 27.2 Å². The normalized spacial score (nSPS) is 11.3. The maximum Gasteiger partial charge on any atom is 0.305 e. The summed E-state index contributed by atoms with van der Waals surface area (Å²) in [6, 6.07) is 5.54. The number of carbonyl (C=O) groups excluding carboxylic acids is 1. The topological polar surface area (TPSA) is 72.5 Å². The molecule has 0 atom stereocenters. The number of hydrogen-bond donors (Lipinski definition) is 1. The molecule has 1 aromatic carbocycles. The Balaban J connectivity index is 2.38. The van der Waals surface area contributed by atoms with Crippen molar-refractivity contribution in [2.24, 2.45) is 0 Å². The fourth-order valence-corrected chi connectivity index (χ4v) is 2.43. The quantitative estimate of drug-likeness (QED) is 0.766. The summed E-state index contributed by atoms with van der Waals surface area (Å²) in [5, 5.41) is 0. The first-order valence-electron chi connectivity index (χ1n) is 5.71. The van der Waals surface area contributed by atoms with Gasteiger partial charge >= 0.3 is 5.97 Å². The predicted octanol–water partition coefficient (Wildman–Crippen LogP) is 1.20. The molecule has 1 aromatic rings. The first kappa shape index (κ1) is 15.6. The molecule has 0 aromatic heterocycles. The van der Waals surface area contributed by atoms with E-state index in [1.165, 1.54) is 31.4 Å². The number of methoxy groups -OCH3 is 1. The lowest BCUT2D eigenvalue weighted by atomic mass is 10.2. The number of hydrogen-bond acceptors (Lipinski definition) is 4. The molecule has 106 valence electrons. The minimum Gasteiger partial charge on any atom is -0.469 e. The number of benzene rings is 1. The minimum atomic E-state index is -3.45. The van der Waals surface area contributed by atoms with Crippen molar-refractivity contribution in [3.8, 4) is 0 Å². The summed E-state index contributed by atoms with van der Waals surface area (Å²) in [4.78, 5) is 10.8. The van der Waals surface area contributed by atoms with Crippen LogP contribution in [0, 0.1) is 5.82 Å². The zero-order chi connectivity index (χ0) is 14.3. The molecule has 0 radical (unpaired) electrons. The van der Waals surface area contributed by atoms with Gasteiger partial charge in [-0.2, -0.15) is 0 Å². The third-order valence-electron chi connectivity index (χ3n) is 2.43. The van der Waals surface area contributed by atoms with Crippen molar-refractivity contribution >= 4 is 16.0 Å². The molecule has 1 rings (SSSR count). The maximum atomic E-state index is 12.7. The molecule has 7 heteroatoms. The van der Waals surface area contributed by atoms with Crippen LogP contribution in [0.3, 0.4) is 0 Å². The van der Waals surface area contributed by atoms with Crippen LogP contribution < -0.4 is 4.72 Å². The third-order valence-corrected chi connectivity index (χ3v) is 3.84. The first-order chi connectivity index (χ1) is 8.93. The molecule has 0 aliphatic rings. The van der Waals surface area contributed by atoms with Crippen LogP contribution in [0.2, 0.25) is 0 Å². The fourth-order valence-electron chi connectivity index (χ4n) is 1.38. The number of nitrogens with one attached hydrogen (secondary N) is 1. The van der Waals surface area contributed by atoms with Crippen molar-refractivity contribution < 1.29 is 22.3 Å². The van der Waals surface area contributed by atoms with Gasteiger partial charge < -0.3 is 4.74 Å². The van der Waals surface area contributed by atoms with Crippen molar-refractivity contribution in [2.75, 3.05) is 12.9 Å². The van der Waals surface area contributed by atoms with Gasteiger partial charge in [-0.15, -0.1) is 0 Å². The lowest BCUT2D eigenvalue weighted by molar-refractivity contribution is -0.140. The summed E-state index contributed by atoms with van der Waals surface area (Å²) in [6.45, 7) is 0.0981. The second kappa shape index (κ2) is 7.20. The highest BCUT2D eigenvalue weighted by Gasteiger charge is 2.11. The Hall–Kier alpha value is -1.47. The van der Waals surface area contributed by atoms with Crippen molar-refractivity contribution in [3.05, 3.63) is 35.6 Å². The van der Waals surface area contributed by atoms with Gasteiger partial charge in [-0.3, -0.25) is 4.79 Å². The Morgan fingerprint density at radius 3 is 2.53 bits per heavy atom. The highest BCUT2D eigenvalue weighted by atomic mass is 32.2. The summed E-state index contributed by atoms with van der Waals surface area (Å²) in [7, 11) is -2.19. The van der Waals surface area contributed by atoms with E-state index in [0.717, 1.165) is 0 Å². The fraction of sp³-hybridized carbons (Fsp3) is 0.417. The van der Waals surface area contributed by atoms with Crippen LogP contribution >= 0.6 is 0 Å². The lowest BCUT2D eigenvalue weighted by Gasteiger charge is -2.06. The van der Waals surface area contributed by atoms with Crippen molar-refractivity contribution in [1.29, 1.82) is 0 Å². The predicted molar refractivity (Wildman–Crippen MR) is 68.3 cm³/mol. The Bertz CT molecular complexity index is 513. The second-order valence-corrected chi connectivity index (χ2v) is 5.87. The van der Waals surface area contributed by atoms with E-state index in [1.54, 1.807) is 0 Å². The van der Waals surface area contributed by atoms with Gasteiger partial charge in [0.25, 0.3) is 0 Å². The molecule has 0 saturated carbocycles. The molecular formula is C12H16FNO4S. The van der Waals surface area contributed by atoms with Crippen LogP contribution in [0.4, 0.5) is 4.39 Å². The number of halogens is 1. The van der Waals surface area contributed by atoms with E-state index in [-0.39, 0.29) is 31.0 Å². The van der Waals surface area contributed by atoms with E-state index < -0.39 is 16.0 Å². The Morgan fingerprint density at radius 2 is 1.95 bits per heavy atom. The lowest BCUT2D eigenvalue weighted by Crippen LogP contribution is -2.26. The molecule has 5 nitrogen and oxygen atoms in total. The van der Waals surface area contributed by atoms with Crippen molar-refractivity contribution in [1.82, 2.24) is 4.72 Å². The summed E-state index contributed by atoms with van der Waals surface area (Å²) >= 11 is 0. The molecule has 0 aliphatic heterocycles. The average Bonchev–Trinajstić information content (AvgIpc) is 2.38. The van der Waals surface area contributed by atoms with Gasteiger partial charge in [0.2, 0.25) is 10.0 Å². The second-order valence-electron chi connectivity index (χ2n) is 3.95. The molecule has 0 heterocycles. The minimum absolute atomic E-state index is 0.0635. The zero-order valence-corrected chi connectivity index (χ0v) is 11.4. The van der Waals surface area contributed by atoms with E-state index in [2.05, 4.69) is 9.46 Å². The summed E-state index contributed by atoms with van der Waals surface area (Å²) in [6.07, 6.45) is 0.263. The standard InChI is InChI=1S/C12H16FNO4S/c1-18-12(15)3-2-8-19(16,17)14-9-10-4-6-11(13)7-5-10/h4-7,14H,2-3,8-9H2,1H3. The summed E-state index contributed by atoms with van der Waals surface area (Å²) in [5.41, 5.74) is 0.665. The molecule has 0 saturated heterocycles. The zero-order valence-electron chi connectivity index (χ0n) is 10.6. The van der Waals surface area contributed by atoms with E-state index in [9.17, 15) is 17.6 Å². The van der Waals surface area contributed by atoms with E-state index >= 15 is 0 Å². The number of sulfonamides is 1. The molecule has 0 fully saturated rings. The maximum absolute atomic E-state index is 12.7. The summed E-state index contributed by atoms with van der Waals surface area (Å²) < 4.78 is 42.7. The highest BCUT2D eigenvalue weighted by molar-refractivity contribution is 7.89. The van der Waals surface area contributed by atoms with Crippen LogP contribution in [-0.2, 0) is 26.1 Å². The van der Waals surface area contributed by atoms with Crippen LogP contribution in [0.25, 0.3) is 0 Å². The SMILES string of the molecule is COC(=O)CCCS(=O)(=O)NCc1ccc(F)cc1. The van der Waals surface area contributed by atoms with Gasteiger partial charge in [0.1, 0.15) is 5.82 Å². The molecule has 0 bridgehead atoms. The van der Waals surface area contributed by atoms with Gasteiger partial charge in [0.05, 0.1) is 12.9 Å². The van der Waals surface area contributed by atoms with Gasteiger partial charge in [-0.1, -0.05) is 12.1 Å². The molecule has 0 amide bonds. The number of carbonyl (C=O) groups is 1. The molecule has 0 aliphatic carbocycles. The molecule has 0 unspecified atom stereocenters. The van der Waals surface area contributed by atoms with E-state index in [0.29, 0.717) is 5.56 Å². The van der Waals surface area contributed by atoms with Gasteiger partial charge in [-0.25, -0.2) is 17.5 Å². The van der Waals surface area contributed by atoms with Crippen LogP contribution in [0.15, 0.2) is 24.3 Å². The third kappa shape index (κ3) is 6.30. The molecule has 19 heavy (non-hydrogen) atoms. The number of ether oxygens (including phenoxy) is 1. The van der Waals surface area contributed by atoms with Crippen molar-refractivity contribution in [2.45, 2.75) is 19.4 Å².